The van der Waals surface area contributed by atoms with Crippen molar-refractivity contribution < 1.29 is 14.7 Å². The lowest BCUT2D eigenvalue weighted by atomic mass is 9.94. The normalized spacial score (nSPS) is 17.6. The third-order valence-electron chi connectivity index (χ3n) is 3.80. The Bertz CT molecular complexity index is 479. The van der Waals surface area contributed by atoms with Crippen LogP contribution in [-0.4, -0.2) is 35.5 Å². The van der Waals surface area contributed by atoms with Gasteiger partial charge in [-0.05, 0) is 18.4 Å². The van der Waals surface area contributed by atoms with Gasteiger partial charge in [-0.15, -0.1) is 0 Å². The third kappa shape index (κ3) is 2.62. The number of carboxylic acid groups (broad SMARTS) is 1. The first-order valence-corrected chi connectivity index (χ1v) is 6.51. The zero-order chi connectivity index (χ0) is 14.0. The standard InChI is InChI=1S/C15H19NO3/c1-11(13(17)18)10-16(2)14(19)15(8-9-15)12-6-4-3-5-7-12/h3-7,11H,8-10H2,1-2H3,(H,17,18). The predicted octanol–water partition coefficient (Wildman–Crippen LogP) is 1.90. The van der Waals surface area contributed by atoms with E-state index >= 15 is 0 Å². The first kappa shape index (κ1) is 13.6. The van der Waals surface area contributed by atoms with Crippen LogP contribution in [0.1, 0.15) is 25.3 Å². The molecular weight excluding hydrogens is 242 g/mol. The topological polar surface area (TPSA) is 57.6 Å². The van der Waals surface area contributed by atoms with Gasteiger partial charge in [0.1, 0.15) is 0 Å². The van der Waals surface area contributed by atoms with Gasteiger partial charge in [0.2, 0.25) is 5.91 Å². The largest absolute Gasteiger partial charge is 0.481 e. The van der Waals surface area contributed by atoms with E-state index in [2.05, 4.69) is 0 Å². The van der Waals surface area contributed by atoms with Gasteiger partial charge in [-0.2, -0.15) is 0 Å². The molecule has 0 saturated heterocycles. The van der Waals surface area contributed by atoms with E-state index in [1.165, 1.54) is 0 Å². The van der Waals surface area contributed by atoms with Crippen molar-refractivity contribution in [3.05, 3.63) is 35.9 Å². The second-order valence-corrected chi connectivity index (χ2v) is 5.37. The van der Waals surface area contributed by atoms with Crippen LogP contribution in [-0.2, 0) is 15.0 Å². The molecule has 1 saturated carbocycles. The van der Waals surface area contributed by atoms with Crippen LogP contribution in [0.25, 0.3) is 0 Å². The molecule has 1 N–H and O–H groups in total. The maximum absolute atomic E-state index is 12.5. The lowest BCUT2D eigenvalue weighted by molar-refractivity contribution is -0.143. The van der Waals surface area contributed by atoms with E-state index in [1.54, 1.807) is 18.9 Å². The number of carbonyl (C=O) groups is 2. The number of rotatable bonds is 5. The molecule has 0 heterocycles. The van der Waals surface area contributed by atoms with Crippen LogP contribution in [0.2, 0.25) is 0 Å². The van der Waals surface area contributed by atoms with Crippen molar-refractivity contribution in [2.45, 2.75) is 25.2 Å². The van der Waals surface area contributed by atoms with E-state index in [4.69, 9.17) is 5.11 Å². The van der Waals surface area contributed by atoms with Crippen LogP contribution in [0.15, 0.2) is 30.3 Å². The Morgan fingerprint density at radius 2 is 1.89 bits per heavy atom. The van der Waals surface area contributed by atoms with E-state index in [1.807, 2.05) is 30.3 Å². The smallest absolute Gasteiger partial charge is 0.308 e. The van der Waals surface area contributed by atoms with E-state index in [9.17, 15) is 9.59 Å². The van der Waals surface area contributed by atoms with Gasteiger partial charge in [-0.1, -0.05) is 37.3 Å². The van der Waals surface area contributed by atoms with Crippen molar-refractivity contribution in [1.29, 1.82) is 0 Å². The van der Waals surface area contributed by atoms with Crippen LogP contribution in [0.3, 0.4) is 0 Å². The summed E-state index contributed by atoms with van der Waals surface area (Å²) in [5.74, 6) is -1.38. The first-order valence-electron chi connectivity index (χ1n) is 6.51. The second kappa shape index (κ2) is 5.03. The van der Waals surface area contributed by atoms with Gasteiger partial charge in [0.25, 0.3) is 0 Å². The Labute approximate surface area is 113 Å². The molecule has 0 aromatic heterocycles. The molecule has 4 heteroatoms. The van der Waals surface area contributed by atoms with Gasteiger partial charge in [-0.3, -0.25) is 9.59 Å². The number of benzene rings is 1. The van der Waals surface area contributed by atoms with Crippen LogP contribution in [0.4, 0.5) is 0 Å². The molecule has 1 aliphatic rings. The lowest BCUT2D eigenvalue weighted by Gasteiger charge is -2.25. The molecule has 1 fully saturated rings. The molecule has 1 atom stereocenters. The zero-order valence-corrected chi connectivity index (χ0v) is 11.3. The number of hydrogen-bond acceptors (Lipinski definition) is 2. The molecule has 1 aromatic rings. The summed E-state index contributed by atoms with van der Waals surface area (Å²) in [7, 11) is 1.69. The van der Waals surface area contributed by atoms with E-state index in [0.717, 1.165) is 18.4 Å². The number of carboxylic acids is 1. The minimum Gasteiger partial charge on any atom is -0.481 e. The Hall–Kier alpha value is -1.84. The summed E-state index contributed by atoms with van der Waals surface area (Å²) >= 11 is 0. The molecule has 0 bridgehead atoms. The minimum atomic E-state index is -0.871. The molecule has 1 unspecified atom stereocenters. The van der Waals surface area contributed by atoms with Gasteiger partial charge in [-0.25, -0.2) is 0 Å². The molecule has 0 radical (unpaired) electrons. The highest BCUT2D eigenvalue weighted by atomic mass is 16.4. The summed E-state index contributed by atoms with van der Waals surface area (Å²) in [5.41, 5.74) is 0.628. The minimum absolute atomic E-state index is 0.0341. The zero-order valence-electron chi connectivity index (χ0n) is 11.3. The summed E-state index contributed by atoms with van der Waals surface area (Å²) < 4.78 is 0. The number of likely N-dealkylation sites (N-methyl/N-ethyl adjacent to an activating group) is 1. The highest BCUT2D eigenvalue weighted by Gasteiger charge is 2.52. The molecular formula is C15H19NO3. The van der Waals surface area contributed by atoms with Gasteiger partial charge in [0.15, 0.2) is 0 Å². The van der Waals surface area contributed by atoms with E-state index in [0.29, 0.717) is 0 Å². The van der Waals surface area contributed by atoms with Crippen molar-refractivity contribution in [1.82, 2.24) is 4.90 Å². The van der Waals surface area contributed by atoms with E-state index < -0.39 is 17.3 Å². The predicted molar refractivity (Wildman–Crippen MR) is 71.8 cm³/mol. The van der Waals surface area contributed by atoms with Crippen LogP contribution in [0.5, 0.6) is 0 Å². The number of carbonyl (C=O) groups excluding carboxylic acids is 1. The van der Waals surface area contributed by atoms with Gasteiger partial charge >= 0.3 is 5.97 Å². The summed E-state index contributed by atoms with van der Waals surface area (Å²) in [6.07, 6.45) is 1.70. The van der Waals surface area contributed by atoms with Gasteiger partial charge in [0, 0.05) is 13.6 Å². The molecule has 1 amide bonds. The Balaban J connectivity index is 2.10. The maximum Gasteiger partial charge on any atom is 0.308 e. The van der Waals surface area contributed by atoms with Crippen LogP contribution < -0.4 is 0 Å². The van der Waals surface area contributed by atoms with Gasteiger partial charge < -0.3 is 10.0 Å². The summed E-state index contributed by atoms with van der Waals surface area (Å²) in [6.45, 7) is 1.87. The summed E-state index contributed by atoms with van der Waals surface area (Å²) in [6, 6.07) is 9.74. The number of nitrogens with zero attached hydrogens (tertiary/aromatic N) is 1. The summed E-state index contributed by atoms with van der Waals surface area (Å²) in [4.78, 5) is 24.9. The molecule has 2 rings (SSSR count). The molecule has 19 heavy (non-hydrogen) atoms. The lowest BCUT2D eigenvalue weighted by Crippen LogP contribution is -2.40. The average Bonchev–Trinajstić information content (AvgIpc) is 3.20. The summed E-state index contributed by atoms with van der Waals surface area (Å²) in [5, 5.41) is 8.91. The number of amides is 1. The Morgan fingerprint density at radius 3 is 2.37 bits per heavy atom. The van der Waals surface area contributed by atoms with Crippen molar-refractivity contribution in [3.8, 4) is 0 Å². The van der Waals surface area contributed by atoms with Crippen molar-refractivity contribution in [2.75, 3.05) is 13.6 Å². The fraction of sp³-hybridized carbons (Fsp3) is 0.467. The van der Waals surface area contributed by atoms with Gasteiger partial charge in [0.05, 0.1) is 11.3 Å². The monoisotopic (exact) mass is 261 g/mol. The third-order valence-corrected chi connectivity index (χ3v) is 3.80. The van der Waals surface area contributed by atoms with Crippen molar-refractivity contribution >= 4 is 11.9 Å². The molecule has 0 aliphatic heterocycles. The highest BCUT2D eigenvalue weighted by Crippen LogP contribution is 2.49. The fourth-order valence-electron chi connectivity index (χ4n) is 2.45. The van der Waals surface area contributed by atoms with Crippen LogP contribution in [0, 0.1) is 5.92 Å². The highest BCUT2D eigenvalue weighted by molar-refractivity contribution is 5.91. The molecule has 1 aliphatic carbocycles. The fourth-order valence-corrected chi connectivity index (χ4v) is 2.45. The first-order chi connectivity index (χ1) is 8.97. The number of aliphatic carboxylic acids is 1. The second-order valence-electron chi connectivity index (χ2n) is 5.37. The Kier molecular flexibility index (Phi) is 3.60. The maximum atomic E-state index is 12.5. The average molecular weight is 261 g/mol. The van der Waals surface area contributed by atoms with Crippen molar-refractivity contribution in [2.24, 2.45) is 5.92 Å². The molecule has 0 spiro atoms. The molecule has 102 valence electrons. The van der Waals surface area contributed by atoms with Crippen molar-refractivity contribution in [3.63, 3.8) is 0 Å². The van der Waals surface area contributed by atoms with Crippen LogP contribution >= 0.6 is 0 Å². The molecule has 1 aromatic carbocycles. The quantitative estimate of drug-likeness (QED) is 0.880. The molecule has 4 nitrogen and oxygen atoms in total. The SMILES string of the molecule is CC(CN(C)C(=O)C1(c2ccccc2)CC1)C(=O)O. The van der Waals surface area contributed by atoms with E-state index in [-0.39, 0.29) is 12.5 Å². The number of hydrogen-bond donors (Lipinski definition) is 1. The Morgan fingerprint density at radius 1 is 1.32 bits per heavy atom.